The van der Waals surface area contributed by atoms with E-state index in [1.54, 1.807) is 10.4 Å². The summed E-state index contributed by atoms with van der Waals surface area (Å²) in [6, 6.07) is 9.67. The van der Waals surface area contributed by atoms with Gasteiger partial charge in [0.25, 0.3) is 5.91 Å². The van der Waals surface area contributed by atoms with Gasteiger partial charge in [-0.1, -0.05) is 18.2 Å². The fraction of sp³-hybridized carbons (Fsp3) is 0.231. The summed E-state index contributed by atoms with van der Waals surface area (Å²) in [7, 11) is 0. The zero-order valence-electron chi connectivity index (χ0n) is 9.88. The SMILES string of the molecule is CCN(C(=O)c1ncsc1C)c1ccccc1. The van der Waals surface area contributed by atoms with Crippen LogP contribution in [0.25, 0.3) is 0 Å². The molecule has 0 N–H and O–H groups in total. The molecule has 0 saturated heterocycles. The van der Waals surface area contributed by atoms with Crippen molar-refractivity contribution >= 4 is 22.9 Å². The van der Waals surface area contributed by atoms with E-state index < -0.39 is 0 Å². The van der Waals surface area contributed by atoms with E-state index in [1.807, 2.05) is 44.2 Å². The molecular formula is C13H14N2OS. The van der Waals surface area contributed by atoms with Crippen molar-refractivity contribution in [3.63, 3.8) is 0 Å². The Labute approximate surface area is 105 Å². The highest BCUT2D eigenvalue weighted by Crippen LogP contribution is 2.19. The smallest absolute Gasteiger partial charge is 0.277 e. The number of benzene rings is 1. The number of carbonyl (C=O) groups is 1. The Hall–Kier alpha value is -1.68. The second-order valence-electron chi connectivity index (χ2n) is 3.64. The number of amides is 1. The number of anilines is 1. The van der Waals surface area contributed by atoms with Crippen molar-refractivity contribution in [1.82, 2.24) is 4.98 Å². The Kier molecular flexibility index (Phi) is 3.54. The molecule has 1 aromatic heterocycles. The van der Waals surface area contributed by atoms with Crippen molar-refractivity contribution in [2.45, 2.75) is 13.8 Å². The number of para-hydroxylation sites is 1. The fourth-order valence-corrected chi connectivity index (χ4v) is 2.26. The Bertz CT molecular complexity index is 507. The van der Waals surface area contributed by atoms with Gasteiger partial charge < -0.3 is 4.90 Å². The van der Waals surface area contributed by atoms with Crippen LogP contribution in [0, 0.1) is 6.92 Å². The zero-order valence-corrected chi connectivity index (χ0v) is 10.7. The van der Waals surface area contributed by atoms with Crippen molar-refractivity contribution in [3.05, 3.63) is 46.4 Å². The van der Waals surface area contributed by atoms with Gasteiger partial charge >= 0.3 is 0 Å². The monoisotopic (exact) mass is 246 g/mol. The van der Waals surface area contributed by atoms with Gasteiger partial charge in [0.1, 0.15) is 5.69 Å². The molecule has 1 heterocycles. The summed E-state index contributed by atoms with van der Waals surface area (Å²) in [5, 5.41) is 0. The Balaban J connectivity index is 2.32. The number of rotatable bonds is 3. The highest BCUT2D eigenvalue weighted by atomic mass is 32.1. The van der Waals surface area contributed by atoms with Gasteiger partial charge in [-0.3, -0.25) is 4.79 Å². The topological polar surface area (TPSA) is 33.2 Å². The normalized spacial score (nSPS) is 10.2. The fourth-order valence-electron chi connectivity index (χ4n) is 1.69. The highest BCUT2D eigenvalue weighted by molar-refractivity contribution is 7.09. The average molecular weight is 246 g/mol. The lowest BCUT2D eigenvalue weighted by molar-refractivity contribution is 0.0983. The van der Waals surface area contributed by atoms with Gasteiger partial charge in [-0.25, -0.2) is 4.98 Å². The van der Waals surface area contributed by atoms with Crippen LogP contribution in [0.4, 0.5) is 5.69 Å². The van der Waals surface area contributed by atoms with E-state index in [2.05, 4.69) is 4.98 Å². The molecule has 0 atom stereocenters. The minimum Gasteiger partial charge on any atom is -0.307 e. The third kappa shape index (κ3) is 2.36. The molecule has 0 bridgehead atoms. The van der Waals surface area contributed by atoms with Crippen LogP contribution in [0.3, 0.4) is 0 Å². The first-order valence-corrected chi connectivity index (χ1v) is 6.39. The molecule has 1 amide bonds. The van der Waals surface area contributed by atoms with Gasteiger partial charge in [-0.05, 0) is 26.0 Å². The molecule has 3 nitrogen and oxygen atoms in total. The van der Waals surface area contributed by atoms with Crippen molar-refractivity contribution in [3.8, 4) is 0 Å². The molecule has 88 valence electrons. The van der Waals surface area contributed by atoms with Crippen LogP contribution in [0.1, 0.15) is 22.3 Å². The van der Waals surface area contributed by atoms with E-state index in [0.717, 1.165) is 10.6 Å². The number of carbonyl (C=O) groups excluding carboxylic acids is 1. The van der Waals surface area contributed by atoms with E-state index >= 15 is 0 Å². The first kappa shape index (κ1) is 11.8. The van der Waals surface area contributed by atoms with E-state index in [1.165, 1.54) is 11.3 Å². The minimum absolute atomic E-state index is 0.0301. The van der Waals surface area contributed by atoms with Gasteiger partial charge in [0.05, 0.1) is 5.51 Å². The van der Waals surface area contributed by atoms with Gasteiger partial charge in [0.15, 0.2) is 0 Å². The summed E-state index contributed by atoms with van der Waals surface area (Å²) in [5.74, 6) is -0.0301. The maximum Gasteiger partial charge on any atom is 0.277 e. The summed E-state index contributed by atoms with van der Waals surface area (Å²) in [5.41, 5.74) is 3.18. The molecule has 17 heavy (non-hydrogen) atoms. The molecule has 0 unspecified atom stereocenters. The molecule has 2 rings (SSSR count). The number of thiazole rings is 1. The lowest BCUT2D eigenvalue weighted by atomic mass is 10.2. The molecule has 0 saturated carbocycles. The number of aromatic nitrogens is 1. The molecule has 0 aliphatic rings. The molecule has 0 aliphatic carbocycles. The summed E-state index contributed by atoms with van der Waals surface area (Å²) in [6.45, 7) is 4.52. The molecule has 0 aliphatic heterocycles. The summed E-state index contributed by atoms with van der Waals surface area (Å²) in [6.07, 6.45) is 0. The van der Waals surface area contributed by atoms with E-state index in [0.29, 0.717) is 12.2 Å². The Morgan fingerprint density at radius 3 is 2.59 bits per heavy atom. The maximum atomic E-state index is 12.3. The molecule has 1 aromatic carbocycles. The van der Waals surface area contributed by atoms with E-state index in [4.69, 9.17) is 0 Å². The van der Waals surface area contributed by atoms with Gasteiger partial charge in [-0.15, -0.1) is 11.3 Å². The number of aryl methyl sites for hydroxylation is 1. The lowest BCUT2D eigenvalue weighted by Gasteiger charge is -2.20. The highest BCUT2D eigenvalue weighted by Gasteiger charge is 2.19. The maximum absolute atomic E-state index is 12.3. The summed E-state index contributed by atoms with van der Waals surface area (Å²) >= 11 is 1.50. The number of hydrogen-bond donors (Lipinski definition) is 0. The molecule has 0 spiro atoms. The predicted octanol–water partition coefficient (Wildman–Crippen LogP) is 3.12. The van der Waals surface area contributed by atoms with Crippen molar-refractivity contribution < 1.29 is 4.79 Å². The van der Waals surface area contributed by atoms with E-state index in [9.17, 15) is 4.79 Å². The third-order valence-electron chi connectivity index (χ3n) is 2.58. The Morgan fingerprint density at radius 1 is 1.35 bits per heavy atom. The lowest BCUT2D eigenvalue weighted by Crippen LogP contribution is -2.31. The molecular weight excluding hydrogens is 232 g/mol. The van der Waals surface area contributed by atoms with Crippen molar-refractivity contribution in [1.29, 1.82) is 0 Å². The Morgan fingerprint density at radius 2 is 2.06 bits per heavy atom. The van der Waals surface area contributed by atoms with Gasteiger partial charge in [0, 0.05) is 17.1 Å². The van der Waals surface area contributed by atoms with Crippen LogP contribution in [0.15, 0.2) is 35.8 Å². The standard InChI is InChI=1S/C13H14N2OS/c1-3-15(11-7-5-4-6-8-11)13(16)12-10(2)17-9-14-12/h4-9H,3H2,1-2H3. The van der Waals surface area contributed by atoms with Gasteiger partial charge in [0.2, 0.25) is 0 Å². The summed E-state index contributed by atoms with van der Waals surface area (Å²) in [4.78, 5) is 19.2. The molecule has 2 aromatic rings. The van der Waals surface area contributed by atoms with E-state index in [-0.39, 0.29) is 5.91 Å². The van der Waals surface area contributed by atoms with Crippen LogP contribution >= 0.6 is 11.3 Å². The average Bonchev–Trinajstić information content (AvgIpc) is 2.77. The molecule has 0 fully saturated rings. The first-order chi connectivity index (χ1) is 8.24. The predicted molar refractivity (Wildman–Crippen MR) is 70.6 cm³/mol. The number of hydrogen-bond acceptors (Lipinski definition) is 3. The minimum atomic E-state index is -0.0301. The zero-order chi connectivity index (χ0) is 12.3. The first-order valence-electron chi connectivity index (χ1n) is 5.51. The van der Waals surface area contributed by atoms with Gasteiger partial charge in [-0.2, -0.15) is 0 Å². The van der Waals surface area contributed by atoms with Crippen LogP contribution < -0.4 is 4.90 Å². The second kappa shape index (κ2) is 5.10. The quantitative estimate of drug-likeness (QED) is 0.833. The van der Waals surface area contributed by atoms with Crippen molar-refractivity contribution in [2.75, 3.05) is 11.4 Å². The third-order valence-corrected chi connectivity index (χ3v) is 3.33. The van der Waals surface area contributed by atoms with Crippen LogP contribution in [0.5, 0.6) is 0 Å². The molecule has 4 heteroatoms. The van der Waals surface area contributed by atoms with Crippen LogP contribution in [-0.4, -0.2) is 17.4 Å². The second-order valence-corrected chi connectivity index (χ2v) is 4.70. The number of nitrogens with zero attached hydrogens (tertiary/aromatic N) is 2. The summed E-state index contributed by atoms with van der Waals surface area (Å²) < 4.78 is 0. The largest absolute Gasteiger partial charge is 0.307 e. The molecule has 0 radical (unpaired) electrons. The van der Waals surface area contributed by atoms with Crippen LogP contribution in [0.2, 0.25) is 0 Å². The van der Waals surface area contributed by atoms with Crippen molar-refractivity contribution in [2.24, 2.45) is 0 Å². The van der Waals surface area contributed by atoms with Crippen LogP contribution in [-0.2, 0) is 0 Å².